The van der Waals surface area contributed by atoms with Crippen LogP contribution in [0.3, 0.4) is 0 Å². The molecule has 0 saturated carbocycles. The predicted octanol–water partition coefficient (Wildman–Crippen LogP) is 2.09. The topological polar surface area (TPSA) is 63.9 Å². The second-order valence-corrected chi connectivity index (χ2v) is 5.63. The van der Waals surface area contributed by atoms with Crippen molar-refractivity contribution in [1.82, 2.24) is 24.6 Å². The van der Waals surface area contributed by atoms with Gasteiger partial charge in [-0.2, -0.15) is 5.10 Å². The van der Waals surface area contributed by atoms with E-state index < -0.39 is 0 Å². The Morgan fingerprint density at radius 3 is 2.91 bits per heavy atom. The van der Waals surface area contributed by atoms with Gasteiger partial charge in [0.2, 0.25) is 5.91 Å². The highest BCUT2D eigenvalue weighted by molar-refractivity contribution is 5.73. The van der Waals surface area contributed by atoms with E-state index >= 15 is 0 Å². The summed E-state index contributed by atoms with van der Waals surface area (Å²) in [6, 6.07) is 1.97. The number of carbonyl (C=O) groups excluding carboxylic acids is 1. The Kier molecular flexibility index (Phi) is 4.18. The standard InChI is InChI=1S/C16H21N5O/c1-3-21-14(6-7-19-21)16-15(17-8-9-18-16)13-5-4-10-20(11-13)12(2)22/h6-9,13H,3-5,10-11H2,1-2H3/t13-/m1/s1. The molecule has 6 heteroatoms. The van der Waals surface area contributed by atoms with Gasteiger partial charge in [0.25, 0.3) is 0 Å². The van der Waals surface area contributed by atoms with Crippen molar-refractivity contribution in [2.24, 2.45) is 0 Å². The van der Waals surface area contributed by atoms with E-state index in [2.05, 4.69) is 22.0 Å². The normalized spacial score (nSPS) is 18.5. The predicted molar refractivity (Wildman–Crippen MR) is 83.2 cm³/mol. The third kappa shape index (κ3) is 2.73. The molecule has 1 aliphatic heterocycles. The summed E-state index contributed by atoms with van der Waals surface area (Å²) in [5.41, 5.74) is 2.85. The van der Waals surface area contributed by atoms with Crippen LogP contribution in [0.4, 0.5) is 0 Å². The van der Waals surface area contributed by atoms with E-state index in [4.69, 9.17) is 0 Å². The zero-order valence-corrected chi connectivity index (χ0v) is 13.1. The minimum atomic E-state index is 0.133. The second kappa shape index (κ2) is 6.25. The number of amides is 1. The molecular formula is C16H21N5O. The second-order valence-electron chi connectivity index (χ2n) is 5.63. The van der Waals surface area contributed by atoms with Crippen LogP contribution in [0.15, 0.2) is 24.7 Å². The van der Waals surface area contributed by atoms with E-state index in [0.717, 1.165) is 49.6 Å². The van der Waals surface area contributed by atoms with Gasteiger partial charge in [-0.15, -0.1) is 0 Å². The first-order chi connectivity index (χ1) is 10.7. The number of aryl methyl sites for hydroxylation is 1. The molecule has 116 valence electrons. The van der Waals surface area contributed by atoms with E-state index in [1.54, 1.807) is 25.5 Å². The lowest BCUT2D eigenvalue weighted by Crippen LogP contribution is -2.38. The van der Waals surface area contributed by atoms with Gasteiger partial charge in [-0.1, -0.05) is 0 Å². The smallest absolute Gasteiger partial charge is 0.219 e. The molecule has 3 heterocycles. The number of rotatable bonds is 3. The number of carbonyl (C=O) groups is 1. The molecule has 0 spiro atoms. The van der Waals surface area contributed by atoms with Crippen LogP contribution < -0.4 is 0 Å². The first-order valence-corrected chi connectivity index (χ1v) is 7.79. The van der Waals surface area contributed by atoms with E-state index in [-0.39, 0.29) is 11.8 Å². The highest BCUT2D eigenvalue weighted by Crippen LogP contribution is 2.31. The lowest BCUT2D eigenvalue weighted by atomic mass is 9.92. The van der Waals surface area contributed by atoms with Gasteiger partial charge in [-0.25, -0.2) is 0 Å². The van der Waals surface area contributed by atoms with Crippen LogP contribution >= 0.6 is 0 Å². The highest BCUT2D eigenvalue weighted by atomic mass is 16.2. The number of piperidine rings is 1. The fraction of sp³-hybridized carbons (Fsp3) is 0.500. The molecule has 0 bridgehead atoms. The zero-order chi connectivity index (χ0) is 15.5. The third-order valence-corrected chi connectivity index (χ3v) is 4.24. The number of hydrogen-bond acceptors (Lipinski definition) is 4. The number of hydrogen-bond donors (Lipinski definition) is 0. The summed E-state index contributed by atoms with van der Waals surface area (Å²) in [6.45, 7) is 6.05. The third-order valence-electron chi connectivity index (χ3n) is 4.24. The van der Waals surface area contributed by atoms with Crippen LogP contribution in [0.1, 0.15) is 38.3 Å². The molecule has 1 aliphatic rings. The van der Waals surface area contributed by atoms with Crippen molar-refractivity contribution in [3.8, 4) is 11.4 Å². The maximum atomic E-state index is 11.7. The zero-order valence-electron chi connectivity index (χ0n) is 13.1. The lowest BCUT2D eigenvalue weighted by Gasteiger charge is -2.32. The molecule has 0 unspecified atom stereocenters. The van der Waals surface area contributed by atoms with Gasteiger partial charge in [-0.05, 0) is 25.8 Å². The average Bonchev–Trinajstić information content (AvgIpc) is 3.03. The molecule has 2 aromatic rings. The quantitative estimate of drug-likeness (QED) is 0.870. The van der Waals surface area contributed by atoms with Gasteiger partial charge in [0.1, 0.15) is 5.69 Å². The van der Waals surface area contributed by atoms with Crippen molar-refractivity contribution in [1.29, 1.82) is 0 Å². The monoisotopic (exact) mass is 299 g/mol. The summed E-state index contributed by atoms with van der Waals surface area (Å²) in [7, 11) is 0. The van der Waals surface area contributed by atoms with Crippen LogP contribution in [0, 0.1) is 0 Å². The number of aromatic nitrogens is 4. The molecular weight excluding hydrogens is 278 g/mol. The van der Waals surface area contributed by atoms with Crippen LogP contribution in [0.25, 0.3) is 11.4 Å². The summed E-state index contributed by atoms with van der Waals surface area (Å²) in [4.78, 5) is 22.7. The summed E-state index contributed by atoms with van der Waals surface area (Å²) in [6.07, 6.45) is 7.29. The van der Waals surface area contributed by atoms with Crippen molar-refractivity contribution in [3.05, 3.63) is 30.4 Å². The van der Waals surface area contributed by atoms with Gasteiger partial charge >= 0.3 is 0 Å². The molecule has 2 aromatic heterocycles. The SMILES string of the molecule is CCn1nccc1-c1nccnc1[C@@H]1CCCN(C(C)=O)C1. The van der Waals surface area contributed by atoms with Crippen LogP contribution in [0.5, 0.6) is 0 Å². The summed E-state index contributed by atoms with van der Waals surface area (Å²) >= 11 is 0. The van der Waals surface area contributed by atoms with Gasteiger partial charge in [0, 0.05) is 51.1 Å². The van der Waals surface area contributed by atoms with Crippen LogP contribution in [-0.2, 0) is 11.3 Å². The number of likely N-dealkylation sites (tertiary alicyclic amines) is 1. The van der Waals surface area contributed by atoms with Gasteiger partial charge in [0.15, 0.2) is 0 Å². The Labute approximate surface area is 130 Å². The molecule has 0 N–H and O–H groups in total. The van der Waals surface area contributed by atoms with Crippen molar-refractivity contribution in [2.75, 3.05) is 13.1 Å². The minimum absolute atomic E-state index is 0.133. The Balaban J connectivity index is 1.96. The Morgan fingerprint density at radius 1 is 1.32 bits per heavy atom. The summed E-state index contributed by atoms with van der Waals surface area (Å²) < 4.78 is 1.93. The van der Waals surface area contributed by atoms with Crippen molar-refractivity contribution < 1.29 is 4.79 Å². The largest absolute Gasteiger partial charge is 0.342 e. The first kappa shape index (κ1) is 14.7. The van der Waals surface area contributed by atoms with Crippen molar-refractivity contribution in [2.45, 2.75) is 39.2 Å². The Hall–Kier alpha value is -2.24. The highest BCUT2D eigenvalue weighted by Gasteiger charge is 2.27. The molecule has 1 amide bonds. The van der Waals surface area contributed by atoms with Gasteiger partial charge in [-0.3, -0.25) is 19.4 Å². The summed E-state index contributed by atoms with van der Waals surface area (Å²) in [5, 5.41) is 4.32. The fourth-order valence-electron chi connectivity index (χ4n) is 3.12. The molecule has 0 aliphatic carbocycles. The van der Waals surface area contributed by atoms with E-state index in [0.29, 0.717) is 0 Å². The maximum Gasteiger partial charge on any atom is 0.219 e. The molecule has 6 nitrogen and oxygen atoms in total. The first-order valence-electron chi connectivity index (χ1n) is 7.79. The van der Waals surface area contributed by atoms with E-state index in [1.165, 1.54) is 0 Å². The molecule has 3 rings (SSSR count). The molecule has 1 fully saturated rings. The molecule has 1 saturated heterocycles. The van der Waals surface area contributed by atoms with Gasteiger partial charge in [0.05, 0.1) is 11.4 Å². The molecule has 22 heavy (non-hydrogen) atoms. The fourth-order valence-corrected chi connectivity index (χ4v) is 3.12. The maximum absolute atomic E-state index is 11.7. The van der Waals surface area contributed by atoms with Crippen LogP contribution in [0.2, 0.25) is 0 Å². The Bertz CT molecular complexity index is 666. The molecule has 0 aromatic carbocycles. The molecule has 0 radical (unpaired) electrons. The van der Waals surface area contributed by atoms with E-state index in [1.807, 2.05) is 15.6 Å². The lowest BCUT2D eigenvalue weighted by molar-refractivity contribution is -0.130. The van der Waals surface area contributed by atoms with Crippen molar-refractivity contribution in [3.63, 3.8) is 0 Å². The average molecular weight is 299 g/mol. The van der Waals surface area contributed by atoms with E-state index in [9.17, 15) is 4.79 Å². The molecule has 1 atom stereocenters. The number of nitrogens with zero attached hydrogens (tertiary/aromatic N) is 5. The minimum Gasteiger partial charge on any atom is -0.342 e. The van der Waals surface area contributed by atoms with Crippen LogP contribution in [-0.4, -0.2) is 43.6 Å². The Morgan fingerprint density at radius 2 is 2.14 bits per heavy atom. The van der Waals surface area contributed by atoms with Gasteiger partial charge < -0.3 is 4.90 Å². The summed E-state index contributed by atoms with van der Waals surface area (Å²) in [5.74, 6) is 0.371. The van der Waals surface area contributed by atoms with Crippen molar-refractivity contribution >= 4 is 5.91 Å².